The zero-order valence-electron chi connectivity index (χ0n) is 7.07. The molecule has 0 saturated carbocycles. The zero-order chi connectivity index (χ0) is 9.42. The Labute approximate surface area is 94.9 Å². The van der Waals surface area contributed by atoms with Crippen LogP contribution in [0.4, 0.5) is 0 Å². The third kappa shape index (κ3) is 1.82. The zero-order valence-corrected chi connectivity index (χ0v) is 12.0. The van der Waals surface area contributed by atoms with Crippen molar-refractivity contribution in [3.63, 3.8) is 0 Å². The van der Waals surface area contributed by atoms with Crippen LogP contribution in [0.15, 0.2) is 44.0 Å². The average Bonchev–Trinajstić information content (AvgIpc) is 2.59. The molecule has 0 heterocycles. The number of rotatable bonds is 2. The Kier molecular flexibility index (Phi) is 3.31. The summed E-state index contributed by atoms with van der Waals surface area (Å²) in [6, 6.07) is 0. The molecule has 0 spiro atoms. The van der Waals surface area contributed by atoms with Gasteiger partial charge in [0.25, 0.3) is 0 Å². The van der Waals surface area contributed by atoms with Gasteiger partial charge in [0.1, 0.15) is 0 Å². The molecule has 0 N–H and O–H groups in total. The minimum atomic E-state index is -2.24. The molecule has 67 valence electrons. The molecule has 0 aromatic carbocycles. The van der Waals surface area contributed by atoms with E-state index in [1.807, 2.05) is 0 Å². The molecule has 1 unspecified atom stereocenters. The predicted molar refractivity (Wildman–Crippen MR) is 58.3 cm³/mol. The van der Waals surface area contributed by atoms with Gasteiger partial charge in [-0.3, -0.25) is 0 Å². The maximum absolute atomic E-state index is 6.13. The summed E-state index contributed by atoms with van der Waals surface area (Å²) in [6.45, 7) is 2.18. The second-order valence-corrected chi connectivity index (χ2v) is 12.0. The van der Waals surface area contributed by atoms with E-state index in [-0.39, 0.29) is 0 Å². The van der Waals surface area contributed by atoms with Crippen LogP contribution in [0.1, 0.15) is 0 Å². The summed E-state index contributed by atoms with van der Waals surface area (Å²) in [5.41, 5.74) is 2.60. The van der Waals surface area contributed by atoms with Crippen molar-refractivity contribution in [2.24, 2.45) is 0 Å². The number of halogens is 2. The SMILES string of the molecule is CPC1=[C]([Zr]([Cl])[Cl])C2=CC=CC2=C1. The van der Waals surface area contributed by atoms with Crippen LogP contribution in [0, 0.1) is 0 Å². The van der Waals surface area contributed by atoms with E-state index in [0.29, 0.717) is 0 Å². The van der Waals surface area contributed by atoms with E-state index in [2.05, 4.69) is 31.0 Å². The molecular weight excluding hydrogens is 301 g/mol. The van der Waals surface area contributed by atoms with Gasteiger partial charge in [-0.15, -0.1) is 0 Å². The van der Waals surface area contributed by atoms with Gasteiger partial charge in [-0.05, 0) is 0 Å². The van der Waals surface area contributed by atoms with E-state index < -0.39 is 19.4 Å². The van der Waals surface area contributed by atoms with Crippen LogP contribution < -0.4 is 0 Å². The van der Waals surface area contributed by atoms with E-state index in [4.69, 9.17) is 17.0 Å². The summed E-state index contributed by atoms with van der Waals surface area (Å²) in [5, 5.41) is 1.38. The maximum atomic E-state index is 6.13. The van der Waals surface area contributed by atoms with Crippen molar-refractivity contribution in [3.8, 4) is 0 Å². The van der Waals surface area contributed by atoms with Gasteiger partial charge in [0, 0.05) is 0 Å². The van der Waals surface area contributed by atoms with Crippen LogP contribution in [0.2, 0.25) is 0 Å². The fourth-order valence-corrected chi connectivity index (χ4v) is 8.99. The van der Waals surface area contributed by atoms with E-state index in [1.54, 1.807) is 0 Å². The fraction of sp³-hybridized carbons (Fsp3) is 0.111. The number of hydrogen-bond acceptors (Lipinski definition) is 0. The molecule has 0 amide bonds. The molecule has 0 fully saturated rings. The van der Waals surface area contributed by atoms with E-state index in [0.717, 1.165) is 8.58 Å². The molecule has 2 aliphatic rings. The van der Waals surface area contributed by atoms with Crippen LogP contribution in [-0.4, -0.2) is 6.66 Å². The van der Waals surface area contributed by atoms with Crippen LogP contribution in [0.5, 0.6) is 0 Å². The van der Waals surface area contributed by atoms with Crippen LogP contribution >= 0.6 is 25.6 Å². The normalized spacial score (nSPS) is 19.9. The van der Waals surface area contributed by atoms with Crippen LogP contribution in [0.25, 0.3) is 0 Å². The topological polar surface area (TPSA) is 0 Å². The van der Waals surface area contributed by atoms with Crippen molar-refractivity contribution in [1.29, 1.82) is 0 Å². The van der Waals surface area contributed by atoms with Gasteiger partial charge >= 0.3 is 95.7 Å². The van der Waals surface area contributed by atoms with Gasteiger partial charge in [-0.25, -0.2) is 0 Å². The summed E-state index contributed by atoms with van der Waals surface area (Å²) in [4.78, 5) is 0. The van der Waals surface area contributed by atoms with Crippen molar-refractivity contribution >= 4 is 25.6 Å². The third-order valence-electron chi connectivity index (χ3n) is 2.15. The van der Waals surface area contributed by atoms with Crippen LogP contribution in [0.3, 0.4) is 0 Å². The summed E-state index contributed by atoms with van der Waals surface area (Å²) in [7, 11) is 13.1. The summed E-state index contributed by atoms with van der Waals surface area (Å²) in [6.07, 6.45) is 8.55. The second kappa shape index (κ2) is 4.15. The first kappa shape index (κ1) is 10.4. The average molecular weight is 309 g/mol. The molecule has 0 aromatic rings. The number of hydrogen-bond donors (Lipinski definition) is 0. The molecule has 0 aliphatic heterocycles. The quantitative estimate of drug-likeness (QED) is 0.679. The van der Waals surface area contributed by atoms with Crippen molar-refractivity contribution < 1.29 is 19.4 Å². The monoisotopic (exact) mass is 307 g/mol. The second-order valence-electron chi connectivity index (χ2n) is 2.84. The fourth-order valence-electron chi connectivity index (χ4n) is 1.56. The van der Waals surface area contributed by atoms with Gasteiger partial charge in [0.05, 0.1) is 0 Å². The Hall–Kier alpha value is 0.853. The Morgan fingerprint density at radius 3 is 2.77 bits per heavy atom. The molecule has 13 heavy (non-hydrogen) atoms. The standard InChI is InChI=1S/C9H8P.2ClH.Zr/c1-10-9-5-7-3-2-4-8(7)6-9;;;/h2-5,10H,1H3;2*1H;/q;;;+2/p-2. The Balaban J connectivity index is 2.44. The van der Waals surface area contributed by atoms with Crippen LogP contribution in [-0.2, 0) is 19.4 Å². The van der Waals surface area contributed by atoms with Crippen molar-refractivity contribution in [1.82, 2.24) is 0 Å². The van der Waals surface area contributed by atoms with Gasteiger partial charge in [-0.2, -0.15) is 0 Å². The molecule has 1 atom stereocenters. The molecule has 0 bridgehead atoms. The summed E-state index contributed by atoms with van der Waals surface area (Å²) < 4.78 is 1.30. The predicted octanol–water partition coefficient (Wildman–Crippen LogP) is 3.87. The Morgan fingerprint density at radius 2 is 2.15 bits per heavy atom. The molecule has 4 heteroatoms. The van der Waals surface area contributed by atoms with Gasteiger partial charge in [0.2, 0.25) is 0 Å². The van der Waals surface area contributed by atoms with Gasteiger partial charge < -0.3 is 0 Å². The van der Waals surface area contributed by atoms with Crippen molar-refractivity contribution in [2.45, 2.75) is 0 Å². The van der Waals surface area contributed by atoms with E-state index >= 15 is 0 Å². The summed E-state index contributed by atoms with van der Waals surface area (Å²) in [5.74, 6) is 0. The van der Waals surface area contributed by atoms with E-state index in [9.17, 15) is 0 Å². The first-order valence-electron chi connectivity index (χ1n) is 3.95. The molecule has 0 radical (unpaired) electrons. The molecular formula is C9H8Cl2PZr. The minimum absolute atomic E-state index is 0.802. The third-order valence-corrected chi connectivity index (χ3v) is 8.18. The number of allylic oxidation sites excluding steroid dienone is 8. The van der Waals surface area contributed by atoms with E-state index in [1.165, 1.54) is 19.7 Å². The molecule has 2 rings (SSSR count). The van der Waals surface area contributed by atoms with Gasteiger partial charge in [0.15, 0.2) is 0 Å². The van der Waals surface area contributed by atoms with Crippen molar-refractivity contribution in [2.75, 3.05) is 6.66 Å². The first-order valence-corrected chi connectivity index (χ1v) is 13.0. The Morgan fingerprint density at radius 1 is 1.38 bits per heavy atom. The first-order chi connectivity index (χ1) is 6.24. The molecule has 0 nitrogen and oxygen atoms in total. The summed E-state index contributed by atoms with van der Waals surface area (Å²) >= 11 is -2.24. The Bertz CT molecular complexity index is 364. The molecule has 0 aromatic heterocycles. The van der Waals surface area contributed by atoms with Crippen molar-refractivity contribution in [3.05, 3.63) is 44.0 Å². The molecule has 2 aliphatic carbocycles. The van der Waals surface area contributed by atoms with Gasteiger partial charge in [-0.1, -0.05) is 0 Å². The molecule has 0 saturated heterocycles. The number of fused-ring (bicyclic) bond motifs is 1.